The summed E-state index contributed by atoms with van der Waals surface area (Å²) < 4.78 is 2.21. The molecule has 0 saturated carbocycles. The molecule has 0 amide bonds. The van der Waals surface area contributed by atoms with Crippen molar-refractivity contribution in [1.82, 2.24) is 15.0 Å². The molecule has 1 N–H and O–H groups in total. The van der Waals surface area contributed by atoms with E-state index in [1.165, 1.54) is 16.8 Å². The molecule has 0 saturated heterocycles. The highest BCUT2D eigenvalue weighted by molar-refractivity contribution is 9.10. The molecular formula is C14H7BrN4O2. The highest BCUT2D eigenvalue weighted by Gasteiger charge is 2.12. The average molecular weight is 343 g/mol. The number of halogens is 1. The Bertz CT molecular complexity index is 911. The van der Waals surface area contributed by atoms with Crippen molar-refractivity contribution in [3.8, 4) is 11.8 Å². The first-order valence-corrected chi connectivity index (χ1v) is 6.68. The van der Waals surface area contributed by atoms with Gasteiger partial charge in [-0.05, 0) is 52.3 Å². The molecule has 2 aromatic carbocycles. The van der Waals surface area contributed by atoms with Gasteiger partial charge < -0.3 is 5.11 Å². The highest BCUT2D eigenvalue weighted by atomic mass is 79.9. The van der Waals surface area contributed by atoms with Crippen molar-refractivity contribution in [1.29, 1.82) is 5.26 Å². The lowest BCUT2D eigenvalue weighted by Crippen LogP contribution is -2.00. The Morgan fingerprint density at radius 3 is 2.76 bits per heavy atom. The molecule has 0 aliphatic heterocycles. The third-order valence-electron chi connectivity index (χ3n) is 3.00. The molecule has 0 bridgehead atoms. The van der Waals surface area contributed by atoms with Crippen LogP contribution in [0.5, 0.6) is 0 Å². The summed E-state index contributed by atoms with van der Waals surface area (Å²) in [5.41, 5.74) is 2.53. The summed E-state index contributed by atoms with van der Waals surface area (Å²) in [5.74, 6) is -1.01. The Balaban J connectivity index is 2.23. The Hall–Kier alpha value is -2.72. The molecular weight excluding hydrogens is 336 g/mol. The standard InChI is InChI=1S/C14H7BrN4O2/c15-10-5-8(7-16)1-4-12(10)19-13-6-9(14(20)21)2-3-11(13)17-18-19/h1-6H,(H,20,21). The molecule has 0 atom stereocenters. The number of aromatic nitrogens is 3. The normalized spacial score (nSPS) is 10.5. The van der Waals surface area contributed by atoms with Crippen molar-refractivity contribution in [2.24, 2.45) is 0 Å². The van der Waals surface area contributed by atoms with Crippen molar-refractivity contribution in [3.63, 3.8) is 0 Å². The maximum Gasteiger partial charge on any atom is 0.335 e. The number of aromatic carboxylic acids is 1. The van der Waals surface area contributed by atoms with Gasteiger partial charge in [-0.15, -0.1) is 5.10 Å². The summed E-state index contributed by atoms with van der Waals surface area (Å²) in [7, 11) is 0. The van der Waals surface area contributed by atoms with E-state index in [4.69, 9.17) is 10.4 Å². The van der Waals surface area contributed by atoms with Gasteiger partial charge >= 0.3 is 5.97 Å². The molecule has 3 aromatic rings. The summed E-state index contributed by atoms with van der Waals surface area (Å²) >= 11 is 3.39. The first kappa shape index (κ1) is 13.3. The van der Waals surface area contributed by atoms with Crippen LogP contribution in [0.25, 0.3) is 16.7 Å². The highest BCUT2D eigenvalue weighted by Crippen LogP contribution is 2.25. The molecule has 0 radical (unpaired) electrons. The molecule has 7 heteroatoms. The molecule has 0 aliphatic rings. The smallest absolute Gasteiger partial charge is 0.335 e. The second-order valence-electron chi connectivity index (χ2n) is 4.29. The van der Waals surface area contributed by atoms with E-state index in [1.54, 1.807) is 24.3 Å². The first-order valence-electron chi connectivity index (χ1n) is 5.89. The predicted octanol–water partition coefficient (Wildman–Crippen LogP) is 2.75. The number of fused-ring (bicyclic) bond motifs is 1. The fourth-order valence-electron chi connectivity index (χ4n) is 1.98. The Kier molecular flexibility index (Phi) is 3.16. The van der Waals surface area contributed by atoms with E-state index in [0.717, 1.165) is 0 Å². The molecule has 1 aromatic heterocycles. The lowest BCUT2D eigenvalue weighted by molar-refractivity contribution is 0.0697. The van der Waals surface area contributed by atoms with Crippen LogP contribution in [-0.2, 0) is 0 Å². The maximum atomic E-state index is 11.1. The molecule has 0 spiro atoms. The van der Waals surface area contributed by atoms with Gasteiger partial charge in [-0.1, -0.05) is 5.21 Å². The van der Waals surface area contributed by atoms with E-state index >= 15 is 0 Å². The van der Waals surface area contributed by atoms with Gasteiger partial charge in [0.2, 0.25) is 0 Å². The van der Waals surface area contributed by atoms with Crippen molar-refractivity contribution in [3.05, 3.63) is 52.0 Å². The van der Waals surface area contributed by atoms with Crippen LogP contribution in [0.4, 0.5) is 0 Å². The Morgan fingerprint density at radius 2 is 2.10 bits per heavy atom. The van der Waals surface area contributed by atoms with Gasteiger partial charge in [0.25, 0.3) is 0 Å². The summed E-state index contributed by atoms with van der Waals surface area (Å²) in [5, 5.41) is 26.0. The zero-order chi connectivity index (χ0) is 15.0. The van der Waals surface area contributed by atoms with Crippen LogP contribution >= 0.6 is 15.9 Å². The fourth-order valence-corrected chi connectivity index (χ4v) is 2.52. The third kappa shape index (κ3) is 2.26. The zero-order valence-electron chi connectivity index (χ0n) is 10.5. The van der Waals surface area contributed by atoms with Crippen molar-refractivity contribution >= 4 is 32.9 Å². The van der Waals surface area contributed by atoms with E-state index in [0.29, 0.717) is 26.8 Å². The van der Waals surface area contributed by atoms with E-state index in [9.17, 15) is 4.79 Å². The number of benzene rings is 2. The van der Waals surface area contributed by atoms with E-state index in [2.05, 4.69) is 26.2 Å². The fraction of sp³-hybridized carbons (Fsp3) is 0. The van der Waals surface area contributed by atoms with Gasteiger partial charge in [-0.3, -0.25) is 0 Å². The van der Waals surface area contributed by atoms with Crippen molar-refractivity contribution in [2.75, 3.05) is 0 Å². The minimum absolute atomic E-state index is 0.163. The summed E-state index contributed by atoms with van der Waals surface area (Å²) in [6.45, 7) is 0. The third-order valence-corrected chi connectivity index (χ3v) is 3.63. The minimum Gasteiger partial charge on any atom is -0.478 e. The van der Waals surface area contributed by atoms with E-state index in [-0.39, 0.29) is 5.56 Å². The number of nitrogens with zero attached hydrogens (tertiary/aromatic N) is 4. The zero-order valence-corrected chi connectivity index (χ0v) is 12.1. The average Bonchev–Trinajstić information content (AvgIpc) is 2.89. The predicted molar refractivity (Wildman–Crippen MR) is 78.2 cm³/mol. The van der Waals surface area contributed by atoms with E-state index in [1.807, 2.05) is 6.07 Å². The molecule has 0 aliphatic carbocycles. The lowest BCUT2D eigenvalue weighted by Gasteiger charge is -2.05. The molecule has 0 fully saturated rings. The van der Waals surface area contributed by atoms with Crippen LogP contribution in [-0.4, -0.2) is 26.1 Å². The summed E-state index contributed by atoms with van der Waals surface area (Å²) in [4.78, 5) is 11.1. The number of carboxylic acid groups (broad SMARTS) is 1. The monoisotopic (exact) mass is 342 g/mol. The van der Waals surface area contributed by atoms with Crippen LogP contribution in [0.15, 0.2) is 40.9 Å². The van der Waals surface area contributed by atoms with Gasteiger partial charge in [0, 0.05) is 4.47 Å². The summed E-state index contributed by atoms with van der Waals surface area (Å²) in [6.07, 6.45) is 0. The van der Waals surface area contributed by atoms with E-state index < -0.39 is 5.97 Å². The molecule has 3 rings (SSSR count). The second-order valence-corrected chi connectivity index (χ2v) is 5.14. The number of hydrogen-bond acceptors (Lipinski definition) is 4. The molecule has 0 unspecified atom stereocenters. The molecule has 1 heterocycles. The van der Waals surface area contributed by atoms with Crippen molar-refractivity contribution < 1.29 is 9.90 Å². The number of hydrogen-bond donors (Lipinski definition) is 1. The van der Waals surface area contributed by atoms with Crippen LogP contribution < -0.4 is 0 Å². The van der Waals surface area contributed by atoms with Crippen molar-refractivity contribution in [2.45, 2.75) is 0 Å². The number of carbonyl (C=O) groups is 1. The number of carboxylic acids is 1. The number of rotatable bonds is 2. The van der Waals surface area contributed by atoms with Gasteiger partial charge in [-0.2, -0.15) is 5.26 Å². The van der Waals surface area contributed by atoms with Gasteiger partial charge in [0.15, 0.2) is 0 Å². The molecule has 21 heavy (non-hydrogen) atoms. The van der Waals surface area contributed by atoms with Crippen LogP contribution in [0, 0.1) is 11.3 Å². The molecule has 6 nitrogen and oxygen atoms in total. The molecule has 102 valence electrons. The van der Waals surface area contributed by atoms with Gasteiger partial charge in [-0.25, -0.2) is 9.48 Å². The lowest BCUT2D eigenvalue weighted by atomic mass is 10.2. The SMILES string of the molecule is N#Cc1ccc(-n2nnc3ccc(C(=O)O)cc32)c(Br)c1. The topological polar surface area (TPSA) is 91.8 Å². The quantitative estimate of drug-likeness (QED) is 0.772. The number of nitriles is 1. The minimum atomic E-state index is -1.01. The Morgan fingerprint density at radius 1 is 1.29 bits per heavy atom. The van der Waals surface area contributed by atoms with Gasteiger partial charge in [0.1, 0.15) is 5.52 Å². The Labute approximate surface area is 127 Å². The maximum absolute atomic E-state index is 11.1. The summed E-state index contributed by atoms with van der Waals surface area (Å²) in [6, 6.07) is 11.7. The second kappa shape index (κ2) is 5.00. The largest absolute Gasteiger partial charge is 0.478 e. The van der Waals surface area contributed by atoms with Crippen LogP contribution in [0.2, 0.25) is 0 Å². The first-order chi connectivity index (χ1) is 10.1. The van der Waals surface area contributed by atoms with Crippen LogP contribution in [0.1, 0.15) is 15.9 Å². The van der Waals surface area contributed by atoms with Crippen LogP contribution in [0.3, 0.4) is 0 Å². The van der Waals surface area contributed by atoms with Gasteiger partial charge in [0.05, 0.1) is 28.4 Å².